The van der Waals surface area contributed by atoms with Crippen LogP contribution in [0.5, 0.6) is 0 Å². The highest BCUT2D eigenvalue weighted by molar-refractivity contribution is 5.36. The van der Waals surface area contributed by atoms with Gasteiger partial charge in [-0.15, -0.1) is 0 Å². The minimum atomic E-state index is 0.329. The molecule has 1 N–H and O–H groups in total. The van der Waals surface area contributed by atoms with E-state index in [2.05, 4.69) is 40.5 Å². The zero-order valence-electron chi connectivity index (χ0n) is 13.5. The van der Waals surface area contributed by atoms with Crippen LogP contribution < -0.4 is 5.32 Å². The van der Waals surface area contributed by atoms with Crippen molar-refractivity contribution in [2.45, 2.75) is 45.2 Å². The van der Waals surface area contributed by atoms with Crippen molar-refractivity contribution in [3.63, 3.8) is 0 Å². The van der Waals surface area contributed by atoms with E-state index < -0.39 is 0 Å². The van der Waals surface area contributed by atoms with Crippen molar-refractivity contribution in [1.82, 2.24) is 19.9 Å². The second-order valence-electron chi connectivity index (χ2n) is 6.43. The summed E-state index contributed by atoms with van der Waals surface area (Å²) in [5, 5.41) is 7.84. The Bertz CT molecular complexity index is 821. The molecule has 1 atom stereocenters. The number of nitrogens with one attached hydrogen (secondary N) is 1. The van der Waals surface area contributed by atoms with E-state index in [0.29, 0.717) is 6.04 Å². The van der Waals surface area contributed by atoms with Crippen LogP contribution in [0.3, 0.4) is 0 Å². The molecule has 2 aromatic heterocycles. The first-order chi connectivity index (χ1) is 11.3. The fraction of sp³-hybridized carbons (Fsp3) is 0.368. The summed E-state index contributed by atoms with van der Waals surface area (Å²) in [6, 6.07) is 9.22. The highest BCUT2D eigenvalue weighted by Crippen LogP contribution is 2.24. The van der Waals surface area contributed by atoms with Crippen LogP contribution in [0, 0.1) is 0 Å². The van der Waals surface area contributed by atoms with Gasteiger partial charge in [0.05, 0.1) is 6.20 Å². The van der Waals surface area contributed by atoms with Gasteiger partial charge in [-0.3, -0.25) is 0 Å². The minimum Gasteiger partial charge on any atom is -0.306 e. The van der Waals surface area contributed by atoms with Gasteiger partial charge in [0.25, 0.3) is 0 Å². The number of hydrogen-bond donors (Lipinski definition) is 1. The lowest BCUT2D eigenvalue weighted by Crippen LogP contribution is -2.19. The lowest BCUT2D eigenvalue weighted by Gasteiger charge is -2.20. The normalized spacial score (nSPS) is 15.5. The molecule has 2 heterocycles. The molecule has 0 unspecified atom stereocenters. The summed E-state index contributed by atoms with van der Waals surface area (Å²) in [5.74, 6) is 0. The topological polar surface area (TPSA) is 42.2 Å². The molecule has 1 aliphatic carbocycles. The lowest BCUT2D eigenvalue weighted by atomic mass is 9.89. The van der Waals surface area contributed by atoms with Gasteiger partial charge in [0.15, 0.2) is 5.65 Å². The third kappa shape index (κ3) is 2.99. The molecule has 4 rings (SSSR count). The Morgan fingerprint density at radius 2 is 2.04 bits per heavy atom. The Kier molecular flexibility index (Phi) is 3.83. The maximum Gasteiger partial charge on any atom is 0.154 e. The van der Waals surface area contributed by atoms with E-state index in [1.54, 1.807) is 17.3 Å². The van der Waals surface area contributed by atoms with Crippen LogP contribution in [0.2, 0.25) is 0 Å². The molecule has 23 heavy (non-hydrogen) atoms. The van der Waals surface area contributed by atoms with Gasteiger partial charge in [0.1, 0.15) is 0 Å². The molecule has 1 aliphatic rings. The second-order valence-corrected chi connectivity index (χ2v) is 6.43. The first-order valence-electron chi connectivity index (χ1n) is 8.43. The van der Waals surface area contributed by atoms with Crippen molar-refractivity contribution in [3.8, 4) is 0 Å². The standard InChI is InChI=1S/C19H22N4/c1-14(17-7-6-16-4-2-3-5-18(16)10-17)20-11-15-12-21-19-8-9-22-23(19)13-15/h6-10,12-14,20H,2-5,11H2,1H3/t14-/m0/s1. The summed E-state index contributed by atoms with van der Waals surface area (Å²) >= 11 is 0. The van der Waals surface area contributed by atoms with Gasteiger partial charge in [-0.1, -0.05) is 18.2 Å². The van der Waals surface area contributed by atoms with Crippen LogP contribution in [-0.4, -0.2) is 14.6 Å². The lowest BCUT2D eigenvalue weighted by molar-refractivity contribution is 0.569. The molecule has 0 aliphatic heterocycles. The van der Waals surface area contributed by atoms with Crippen LogP contribution in [-0.2, 0) is 19.4 Å². The molecule has 0 spiro atoms. The van der Waals surface area contributed by atoms with Crippen molar-refractivity contribution < 1.29 is 0 Å². The Morgan fingerprint density at radius 1 is 1.17 bits per heavy atom. The van der Waals surface area contributed by atoms with Crippen molar-refractivity contribution in [1.29, 1.82) is 0 Å². The van der Waals surface area contributed by atoms with Gasteiger partial charge >= 0.3 is 0 Å². The fourth-order valence-electron chi connectivity index (χ4n) is 3.35. The maximum absolute atomic E-state index is 4.41. The van der Waals surface area contributed by atoms with Gasteiger partial charge in [0, 0.05) is 36.6 Å². The molecule has 0 amide bonds. The SMILES string of the molecule is C[C@H](NCc1cnc2ccnn2c1)c1ccc2c(c1)CCCC2. The van der Waals surface area contributed by atoms with Gasteiger partial charge in [-0.25, -0.2) is 9.50 Å². The quantitative estimate of drug-likeness (QED) is 0.802. The van der Waals surface area contributed by atoms with Crippen LogP contribution in [0.15, 0.2) is 42.9 Å². The Balaban J connectivity index is 1.45. The van der Waals surface area contributed by atoms with Crippen molar-refractivity contribution in [2.24, 2.45) is 0 Å². The van der Waals surface area contributed by atoms with Crippen LogP contribution in [0.4, 0.5) is 0 Å². The molecular weight excluding hydrogens is 284 g/mol. The number of hydrogen-bond acceptors (Lipinski definition) is 3. The van der Waals surface area contributed by atoms with E-state index in [0.717, 1.165) is 17.8 Å². The first kappa shape index (κ1) is 14.4. The molecule has 1 aromatic carbocycles. The number of benzene rings is 1. The molecule has 0 radical (unpaired) electrons. The number of aryl methyl sites for hydroxylation is 2. The van der Waals surface area contributed by atoms with E-state index in [1.807, 2.05) is 23.0 Å². The molecule has 4 heteroatoms. The van der Waals surface area contributed by atoms with Crippen molar-refractivity contribution >= 4 is 5.65 Å². The van der Waals surface area contributed by atoms with Crippen LogP contribution in [0.1, 0.15) is 48.1 Å². The molecule has 0 saturated carbocycles. The summed E-state index contributed by atoms with van der Waals surface area (Å²) in [4.78, 5) is 4.41. The smallest absolute Gasteiger partial charge is 0.154 e. The number of rotatable bonds is 4. The molecule has 0 saturated heterocycles. The van der Waals surface area contributed by atoms with E-state index in [4.69, 9.17) is 0 Å². The average Bonchev–Trinajstić information content (AvgIpc) is 3.07. The molecule has 118 valence electrons. The monoisotopic (exact) mass is 306 g/mol. The zero-order valence-corrected chi connectivity index (χ0v) is 13.5. The van der Waals surface area contributed by atoms with Gasteiger partial charge < -0.3 is 5.32 Å². The third-order valence-corrected chi connectivity index (χ3v) is 4.79. The largest absolute Gasteiger partial charge is 0.306 e. The second kappa shape index (κ2) is 6.13. The Labute approximate surface area is 136 Å². The Morgan fingerprint density at radius 3 is 2.96 bits per heavy atom. The molecule has 4 nitrogen and oxygen atoms in total. The summed E-state index contributed by atoms with van der Waals surface area (Å²) in [5.41, 5.74) is 6.49. The summed E-state index contributed by atoms with van der Waals surface area (Å²) in [6.07, 6.45) is 10.9. The predicted molar refractivity (Wildman–Crippen MR) is 91.3 cm³/mol. The fourth-order valence-corrected chi connectivity index (χ4v) is 3.35. The molecular formula is C19H22N4. The van der Waals surface area contributed by atoms with Crippen molar-refractivity contribution in [2.75, 3.05) is 0 Å². The van der Waals surface area contributed by atoms with Gasteiger partial charge in [-0.05, 0) is 49.3 Å². The van der Waals surface area contributed by atoms with Gasteiger partial charge in [-0.2, -0.15) is 5.10 Å². The highest BCUT2D eigenvalue weighted by atomic mass is 15.2. The van der Waals surface area contributed by atoms with Crippen LogP contribution in [0.25, 0.3) is 5.65 Å². The summed E-state index contributed by atoms with van der Waals surface area (Å²) < 4.78 is 1.82. The molecule has 0 fully saturated rings. The number of fused-ring (bicyclic) bond motifs is 2. The summed E-state index contributed by atoms with van der Waals surface area (Å²) in [7, 11) is 0. The Hall–Kier alpha value is -2.20. The van der Waals surface area contributed by atoms with Crippen molar-refractivity contribution in [3.05, 3.63) is 65.1 Å². The minimum absolute atomic E-state index is 0.329. The first-order valence-corrected chi connectivity index (χ1v) is 8.43. The number of aromatic nitrogens is 3. The predicted octanol–water partition coefficient (Wildman–Crippen LogP) is 3.46. The molecule has 0 bridgehead atoms. The molecule has 3 aromatic rings. The average molecular weight is 306 g/mol. The van der Waals surface area contributed by atoms with Crippen LogP contribution >= 0.6 is 0 Å². The third-order valence-electron chi connectivity index (χ3n) is 4.79. The summed E-state index contributed by atoms with van der Waals surface area (Å²) in [6.45, 7) is 3.02. The van der Waals surface area contributed by atoms with E-state index in [1.165, 1.54) is 31.2 Å². The maximum atomic E-state index is 4.41. The van der Waals surface area contributed by atoms with Gasteiger partial charge in [0.2, 0.25) is 0 Å². The number of nitrogens with zero attached hydrogens (tertiary/aromatic N) is 3. The highest BCUT2D eigenvalue weighted by Gasteiger charge is 2.12. The van der Waals surface area contributed by atoms with E-state index in [9.17, 15) is 0 Å². The zero-order chi connectivity index (χ0) is 15.6. The van der Waals surface area contributed by atoms with E-state index >= 15 is 0 Å². The van der Waals surface area contributed by atoms with E-state index in [-0.39, 0.29) is 0 Å².